The minimum absolute atomic E-state index is 0.0469. The second-order valence-electron chi connectivity index (χ2n) is 7.08. The van der Waals surface area contributed by atoms with Crippen LogP contribution in [0.2, 0.25) is 0 Å². The van der Waals surface area contributed by atoms with Crippen LogP contribution < -0.4 is 11.1 Å². The molecular formula is C22H36N2O8. The number of rotatable bonds is 7. The molecule has 0 spiro atoms. The van der Waals surface area contributed by atoms with E-state index in [2.05, 4.69) is 5.32 Å². The Morgan fingerprint density at radius 3 is 2.44 bits per heavy atom. The number of amides is 1. The molecule has 182 valence electrons. The third-order valence-corrected chi connectivity index (χ3v) is 4.09. The van der Waals surface area contributed by atoms with Gasteiger partial charge in [0.25, 0.3) is 0 Å². The summed E-state index contributed by atoms with van der Waals surface area (Å²) in [5.74, 6) is -1.81. The molecule has 10 heteroatoms. The van der Waals surface area contributed by atoms with E-state index >= 15 is 0 Å². The molecule has 10 nitrogen and oxygen atoms in total. The minimum Gasteiger partial charge on any atom is -0.506 e. The number of carbonyl (C=O) groups excluding carboxylic acids is 2. The number of aliphatic hydroxyl groups is 1. The number of anilines is 1. The second kappa shape index (κ2) is 16.0. The number of carboxylic acids is 1. The van der Waals surface area contributed by atoms with Gasteiger partial charge in [0.05, 0.1) is 24.3 Å². The van der Waals surface area contributed by atoms with E-state index in [1.54, 1.807) is 26.0 Å². The van der Waals surface area contributed by atoms with E-state index in [9.17, 15) is 19.5 Å². The van der Waals surface area contributed by atoms with Crippen molar-refractivity contribution in [2.75, 3.05) is 18.5 Å². The maximum Gasteiger partial charge on any atom is 0.332 e. The average molecular weight is 457 g/mol. The fourth-order valence-electron chi connectivity index (χ4n) is 2.39. The van der Waals surface area contributed by atoms with Crippen LogP contribution >= 0.6 is 0 Å². The number of aliphatic carboxylic acids is 1. The average Bonchev–Trinajstić information content (AvgIpc) is 2.76. The molecule has 2 atom stereocenters. The molecule has 1 aromatic rings. The van der Waals surface area contributed by atoms with Crippen LogP contribution in [0.4, 0.5) is 5.69 Å². The summed E-state index contributed by atoms with van der Waals surface area (Å²) >= 11 is 0. The predicted octanol–water partition coefficient (Wildman–Crippen LogP) is 2.02. The number of nitrogens with one attached hydrogen (secondary N) is 1. The van der Waals surface area contributed by atoms with E-state index in [0.717, 1.165) is 0 Å². The van der Waals surface area contributed by atoms with Gasteiger partial charge in [-0.2, -0.15) is 0 Å². The molecule has 1 aliphatic rings. The first-order valence-corrected chi connectivity index (χ1v) is 10.6. The van der Waals surface area contributed by atoms with Crippen molar-refractivity contribution in [1.82, 2.24) is 0 Å². The molecule has 0 aliphatic carbocycles. The number of nitrogens with two attached hydrogens (primary N) is 1. The highest BCUT2D eigenvalue weighted by Gasteiger charge is 2.26. The zero-order valence-electron chi connectivity index (χ0n) is 19.2. The lowest BCUT2D eigenvalue weighted by molar-refractivity contribution is -0.157. The summed E-state index contributed by atoms with van der Waals surface area (Å²) in [7, 11) is 0. The maximum absolute atomic E-state index is 11.4. The Morgan fingerprint density at radius 2 is 1.94 bits per heavy atom. The molecule has 1 fully saturated rings. The van der Waals surface area contributed by atoms with Crippen LogP contribution in [-0.4, -0.2) is 58.5 Å². The van der Waals surface area contributed by atoms with Crippen molar-refractivity contribution in [2.45, 2.75) is 65.8 Å². The molecule has 6 N–H and O–H groups in total. The van der Waals surface area contributed by atoms with Gasteiger partial charge >= 0.3 is 11.9 Å². The van der Waals surface area contributed by atoms with Gasteiger partial charge in [-0.1, -0.05) is 33.8 Å². The SMILES string of the molecule is CC.CC(C)C(=O)OCc1ccc(O)c(NC(=O)CCN)c1.O=C(O)C1CC(O)CCO1. The first-order chi connectivity index (χ1) is 15.1. The van der Waals surface area contributed by atoms with Gasteiger partial charge in [0.15, 0.2) is 6.10 Å². The van der Waals surface area contributed by atoms with Gasteiger partial charge in [-0.3, -0.25) is 9.59 Å². The van der Waals surface area contributed by atoms with Crippen LogP contribution in [-0.2, 0) is 30.5 Å². The Balaban J connectivity index is 0.000000668. The van der Waals surface area contributed by atoms with Crippen LogP contribution in [0.5, 0.6) is 5.75 Å². The van der Waals surface area contributed by atoms with Crippen LogP contribution in [0, 0.1) is 5.92 Å². The van der Waals surface area contributed by atoms with Crippen molar-refractivity contribution in [1.29, 1.82) is 0 Å². The van der Waals surface area contributed by atoms with Crippen molar-refractivity contribution < 1.29 is 39.2 Å². The Morgan fingerprint density at radius 1 is 1.28 bits per heavy atom. The van der Waals surface area contributed by atoms with E-state index in [1.165, 1.54) is 6.07 Å². The summed E-state index contributed by atoms with van der Waals surface area (Å²) in [6.07, 6.45) is -0.371. The van der Waals surface area contributed by atoms with Crippen molar-refractivity contribution in [3.8, 4) is 5.75 Å². The van der Waals surface area contributed by atoms with E-state index in [4.69, 9.17) is 25.4 Å². The highest BCUT2D eigenvalue weighted by atomic mass is 16.5. The van der Waals surface area contributed by atoms with Gasteiger partial charge in [-0.25, -0.2) is 4.79 Å². The number of esters is 1. The molecule has 1 amide bonds. The third-order valence-electron chi connectivity index (χ3n) is 4.09. The molecule has 2 rings (SSSR count). The van der Waals surface area contributed by atoms with Gasteiger partial charge in [0, 0.05) is 19.4 Å². The largest absolute Gasteiger partial charge is 0.506 e. The Hall–Kier alpha value is -2.69. The molecule has 32 heavy (non-hydrogen) atoms. The number of hydrogen-bond donors (Lipinski definition) is 5. The van der Waals surface area contributed by atoms with Crippen molar-refractivity contribution in [3.63, 3.8) is 0 Å². The van der Waals surface area contributed by atoms with Gasteiger partial charge < -0.3 is 35.8 Å². The molecule has 1 heterocycles. The lowest BCUT2D eigenvalue weighted by Crippen LogP contribution is -2.34. The molecule has 1 aromatic carbocycles. The maximum atomic E-state index is 11.4. The van der Waals surface area contributed by atoms with Crippen LogP contribution in [0.1, 0.15) is 52.5 Å². The number of ether oxygens (including phenoxy) is 2. The number of hydrogen-bond acceptors (Lipinski definition) is 8. The smallest absolute Gasteiger partial charge is 0.332 e. The fourth-order valence-corrected chi connectivity index (χ4v) is 2.39. The summed E-state index contributed by atoms with van der Waals surface area (Å²) in [5, 5.41) is 29.6. The second-order valence-corrected chi connectivity index (χ2v) is 7.08. The molecular weight excluding hydrogens is 420 g/mol. The summed E-state index contributed by atoms with van der Waals surface area (Å²) in [6, 6.07) is 4.63. The molecule has 0 saturated carbocycles. The van der Waals surface area contributed by atoms with Gasteiger partial charge in [-0.15, -0.1) is 0 Å². The quantitative estimate of drug-likeness (QED) is 0.304. The van der Waals surface area contributed by atoms with E-state index in [0.29, 0.717) is 18.6 Å². The number of carboxylic acid groups (broad SMARTS) is 1. The first-order valence-electron chi connectivity index (χ1n) is 10.6. The van der Waals surface area contributed by atoms with Gasteiger partial charge in [-0.05, 0) is 24.1 Å². The minimum atomic E-state index is -0.987. The number of aliphatic hydroxyl groups excluding tert-OH is 1. The zero-order chi connectivity index (χ0) is 24.7. The standard InChI is InChI=1S/C14H20N2O4.C6H10O4.C2H6/c1-9(2)14(19)20-8-10-3-4-12(17)11(7-10)16-13(18)5-6-15;7-4-1-2-10-5(3-4)6(8)9;1-2/h3-4,7,9,17H,5-6,8,15H2,1-2H3,(H,16,18);4-5,7H,1-3H2,(H,8,9);1-2H3. The summed E-state index contributed by atoms with van der Waals surface area (Å²) < 4.78 is 9.93. The fraction of sp³-hybridized carbons (Fsp3) is 0.591. The van der Waals surface area contributed by atoms with E-state index in [-0.39, 0.29) is 55.2 Å². The van der Waals surface area contributed by atoms with Crippen LogP contribution in [0.25, 0.3) is 0 Å². The summed E-state index contributed by atoms with van der Waals surface area (Å²) in [4.78, 5) is 33.1. The van der Waals surface area contributed by atoms with E-state index in [1.807, 2.05) is 13.8 Å². The van der Waals surface area contributed by atoms with Crippen LogP contribution in [0.15, 0.2) is 18.2 Å². The van der Waals surface area contributed by atoms with Crippen molar-refractivity contribution >= 4 is 23.5 Å². The molecule has 0 aromatic heterocycles. The zero-order valence-corrected chi connectivity index (χ0v) is 19.2. The first kappa shape index (κ1) is 29.3. The normalized spacial score (nSPS) is 17.2. The molecule has 1 saturated heterocycles. The van der Waals surface area contributed by atoms with E-state index < -0.39 is 18.2 Å². The molecule has 2 unspecified atom stereocenters. The lowest BCUT2D eigenvalue weighted by Gasteiger charge is -2.22. The summed E-state index contributed by atoms with van der Waals surface area (Å²) in [6.45, 7) is 8.17. The Bertz CT molecular complexity index is 724. The highest BCUT2D eigenvalue weighted by Crippen LogP contribution is 2.24. The van der Waals surface area contributed by atoms with Crippen molar-refractivity contribution in [3.05, 3.63) is 23.8 Å². The van der Waals surface area contributed by atoms with Crippen molar-refractivity contribution in [2.24, 2.45) is 11.7 Å². The summed E-state index contributed by atoms with van der Waals surface area (Å²) in [5.41, 5.74) is 6.24. The number of carbonyl (C=O) groups is 3. The third kappa shape index (κ3) is 11.6. The molecule has 0 bridgehead atoms. The monoisotopic (exact) mass is 456 g/mol. The van der Waals surface area contributed by atoms with Crippen LogP contribution in [0.3, 0.4) is 0 Å². The highest BCUT2D eigenvalue weighted by molar-refractivity contribution is 5.92. The number of phenolic OH excluding ortho intramolecular Hbond substituents is 1. The topological polar surface area (TPSA) is 168 Å². The Labute approximate surface area is 188 Å². The predicted molar refractivity (Wildman–Crippen MR) is 119 cm³/mol. The molecule has 0 radical (unpaired) electrons. The number of aromatic hydroxyl groups is 1. The molecule has 1 aliphatic heterocycles. The number of benzene rings is 1. The van der Waals surface area contributed by atoms with Gasteiger partial charge in [0.2, 0.25) is 5.91 Å². The Kier molecular flexibility index (Phi) is 14.7. The van der Waals surface area contributed by atoms with Gasteiger partial charge in [0.1, 0.15) is 12.4 Å². The number of phenols is 1. The lowest BCUT2D eigenvalue weighted by atomic mass is 10.1.